The lowest BCUT2D eigenvalue weighted by molar-refractivity contribution is -0.577. The Morgan fingerprint density at radius 3 is 3.08 bits per heavy atom. The molecule has 0 bridgehead atoms. The van der Waals surface area contributed by atoms with Crippen molar-refractivity contribution in [3.63, 3.8) is 0 Å². The van der Waals surface area contributed by atoms with Crippen molar-refractivity contribution in [3.05, 3.63) is 29.2 Å². The van der Waals surface area contributed by atoms with Crippen molar-refractivity contribution in [1.82, 2.24) is 9.78 Å². The predicted molar refractivity (Wildman–Crippen MR) is 49.1 cm³/mol. The molecule has 68 valence electrons. The van der Waals surface area contributed by atoms with Crippen molar-refractivity contribution in [3.8, 4) is 0 Å². The van der Waals surface area contributed by atoms with Gasteiger partial charge in [0.05, 0.1) is 0 Å². The molecule has 0 aliphatic carbocycles. The number of rotatable bonds is 1. The largest absolute Gasteiger partial charge is 0.618 e. The zero-order chi connectivity index (χ0) is 9.42. The molecule has 2 heterocycles. The number of hydrogen-bond acceptors (Lipinski definition) is 2. The van der Waals surface area contributed by atoms with Gasteiger partial charge in [0.25, 0.3) is 5.52 Å². The minimum Gasteiger partial charge on any atom is -0.618 e. The summed E-state index contributed by atoms with van der Waals surface area (Å²) in [5, 5.41) is 15.7. The van der Waals surface area contributed by atoms with Gasteiger partial charge in [-0.05, 0) is 19.9 Å². The first-order chi connectivity index (χ1) is 6.24. The molecule has 0 fully saturated rings. The molecule has 0 unspecified atom stereocenters. The van der Waals surface area contributed by atoms with Crippen LogP contribution in [0.5, 0.6) is 0 Å². The molecule has 0 N–H and O–H groups in total. The number of aryl methyl sites for hydroxylation is 2. The molecule has 2 aromatic rings. The van der Waals surface area contributed by atoms with Gasteiger partial charge in [-0.25, -0.2) is 0 Å². The van der Waals surface area contributed by atoms with E-state index in [0.29, 0.717) is 5.52 Å². The topological polar surface area (TPSA) is 44.8 Å². The third kappa shape index (κ3) is 1.06. The Hall–Kier alpha value is -1.58. The fourth-order valence-electron chi connectivity index (χ4n) is 1.56. The van der Waals surface area contributed by atoms with Crippen LogP contribution in [0.2, 0.25) is 0 Å². The lowest BCUT2D eigenvalue weighted by Crippen LogP contribution is -2.26. The Balaban J connectivity index is 2.87. The van der Waals surface area contributed by atoms with Gasteiger partial charge >= 0.3 is 0 Å². The molecule has 0 spiro atoms. The van der Waals surface area contributed by atoms with Crippen LogP contribution >= 0.6 is 0 Å². The normalized spacial score (nSPS) is 10.9. The molecule has 0 atom stereocenters. The van der Waals surface area contributed by atoms with Gasteiger partial charge in [0.15, 0.2) is 6.20 Å². The standard InChI is InChI=1S/C9H11N3O/c1-3-11-8-5-4-6-12(13)9(8)7(2)10-11/h4-6H,3H2,1-2H3. The Morgan fingerprint density at radius 1 is 1.62 bits per heavy atom. The summed E-state index contributed by atoms with van der Waals surface area (Å²) in [6, 6.07) is 3.65. The highest BCUT2D eigenvalue weighted by molar-refractivity contribution is 5.73. The second-order valence-electron chi connectivity index (χ2n) is 2.97. The van der Waals surface area contributed by atoms with Gasteiger partial charge in [0.2, 0.25) is 0 Å². The second kappa shape index (κ2) is 2.73. The third-order valence-corrected chi connectivity index (χ3v) is 2.13. The number of nitrogens with zero attached hydrogens (tertiary/aromatic N) is 3. The van der Waals surface area contributed by atoms with Gasteiger partial charge < -0.3 is 5.21 Å². The lowest BCUT2D eigenvalue weighted by Gasteiger charge is -1.97. The molecule has 0 saturated carbocycles. The average Bonchev–Trinajstić information content (AvgIpc) is 2.44. The quantitative estimate of drug-likeness (QED) is 0.481. The van der Waals surface area contributed by atoms with Gasteiger partial charge in [-0.15, -0.1) is 0 Å². The van der Waals surface area contributed by atoms with Crippen LogP contribution in [0, 0.1) is 12.1 Å². The van der Waals surface area contributed by atoms with Gasteiger partial charge in [-0.1, -0.05) is 0 Å². The van der Waals surface area contributed by atoms with Crippen molar-refractivity contribution in [1.29, 1.82) is 0 Å². The average molecular weight is 177 g/mol. The second-order valence-corrected chi connectivity index (χ2v) is 2.97. The molecule has 0 radical (unpaired) electrons. The van der Waals surface area contributed by atoms with Crippen molar-refractivity contribution in [2.45, 2.75) is 20.4 Å². The van der Waals surface area contributed by atoms with E-state index in [1.165, 1.54) is 6.20 Å². The zero-order valence-electron chi connectivity index (χ0n) is 7.69. The molecule has 4 nitrogen and oxygen atoms in total. The van der Waals surface area contributed by atoms with E-state index in [0.717, 1.165) is 22.5 Å². The summed E-state index contributed by atoms with van der Waals surface area (Å²) in [6.07, 6.45) is 1.50. The Morgan fingerprint density at radius 2 is 2.38 bits per heavy atom. The Bertz CT molecular complexity index is 447. The lowest BCUT2D eigenvalue weighted by atomic mass is 10.3. The van der Waals surface area contributed by atoms with Gasteiger partial charge in [-0.2, -0.15) is 9.83 Å². The fourth-order valence-corrected chi connectivity index (χ4v) is 1.56. The Kier molecular flexibility index (Phi) is 1.69. The van der Waals surface area contributed by atoms with Crippen LogP contribution in [0.3, 0.4) is 0 Å². The summed E-state index contributed by atoms with van der Waals surface area (Å²) in [5.74, 6) is 0. The zero-order valence-corrected chi connectivity index (χ0v) is 7.69. The summed E-state index contributed by atoms with van der Waals surface area (Å²) < 4.78 is 2.70. The highest BCUT2D eigenvalue weighted by atomic mass is 16.5. The molecule has 2 rings (SSSR count). The molecule has 0 aliphatic heterocycles. The van der Waals surface area contributed by atoms with Crippen LogP contribution < -0.4 is 4.73 Å². The van der Waals surface area contributed by atoms with Crippen LogP contribution in [0.25, 0.3) is 11.0 Å². The number of hydrogen-bond donors (Lipinski definition) is 0. The maximum absolute atomic E-state index is 11.4. The maximum atomic E-state index is 11.4. The summed E-state index contributed by atoms with van der Waals surface area (Å²) in [5.41, 5.74) is 2.36. The number of aromatic nitrogens is 3. The first kappa shape index (κ1) is 8.04. The molecular formula is C9H11N3O. The van der Waals surface area contributed by atoms with Crippen molar-refractivity contribution in [2.24, 2.45) is 0 Å². The minimum atomic E-state index is 0.671. The van der Waals surface area contributed by atoms with E-state index in [9.17, 15) is 5.21 Å². The van der Waals surface area contributed by atoms with E-state index in [-0.39, 0.29) is 0 Å². The van der Waals surface area contributed by atoms with Gasteiger partial charge in [-0.3, -0.25) is 4.68 Å². The molecule has 0 amide bonds. The third-order valence-electron chi connectivity index (χ3n) is 2.13. The van der Waals surface area contributed by atoms with Crippen LogP contribution in [-0.2, 0) is 6.54 Å². The maximum Gasteiger partial charge on any atom is 0.265 e. The SMILES string of the molecule is CCn1nc(C)c2c1ccc[n+]2[O-]. The smallest absolute Gasteiger partial charge is 0.265 e. The van der Waals surface area contributed by atoms with Crippen molar-refractivity contribution >= 4 is 11.0 Å². The van der Waals surface area contributed by atoms with Crippen molar-refractivity contribution in [2.75, 3.05) is 0 Å². The molecule has 0 aromatic carbocycles. The molecule has 0 saturated heterocycles. The predicted octanol–water partition coefficient (Wildman–Crippen LogP) is 0.998. The Labute approximate surface area is 76.0 Å². The monoisotopic (exact) mass is 177 g/mol. The summed E-state index contributed by atoms with van der Waals surface area (Å²) in [4.78, 5) is 0. The molecular weight excluding hydrogens is 166 g/mol. The van der Waals surface area contributed by atoms with E-state index < -0.39 is 0 Å². The van der Waals surface area contributed by atoms with Crippen LogP contribution in [0.1, 0.15) is 12.6 Å². The summed E-state index contributed by atoms with van der Waals surface area (Å²) in [6.45, 7) is 4.64. The highest BCUT2D eigenvalue weighted by Crippen LogP contribution is 2.12. The minimum absolute atomic E-state index is 0.671. The molecule has 2 aromatic heterocycles. The summed E-state index contributed by atoms with van der Waals surface area (Å²) in [7, 11) is 0. The molecule has 0 aliphatic rings. The van der Waals surface area contributed by atoms with E-state index in [4.69, 9.17) is 0 Å². The van der Waals surface area contributed by atoms with E-state index in [1.54, 1.807) is 6.07 Å². The summed E-state index contributed by atoms with van der Waals surface area (Å²) >= 11 is 0. The first-order valence-electron chi connectivity index (χ1n) is 4.29. The van der Waals surface area contributed by atoms with Crippen LogP contribution in [0.15, 0.2) is 18.3 Å². The number of pyridine rings is 1. The van der Waals surface area contributed by atoms with Crippen LogP contribution in [-0.4, -0.2) is 9.78 Å². The van der Waals surface area contributed by atoms with E-state index in [2.05, 4.69) is 5.10 Å². The fraction of sp³-hybridized carbons (Fsp3) is 0.333. The van der Waals surface area contributed by atoms with Crippen LogP contribution in [0.4, 0.5) is 0 Å². The van der Waals surface area contributed by atoms with E-state index in [1.807, 2.05) is 24.6 Å². The molecule has 4 heteroatoms. The van der Waals surface area contributed by atoms with Gasteiger partial charge in [0.1, 0.15) is 11.2 Å². The van der Waals surface area contributed by atoms with E-state index >= 15 is 0 Å². The highest BCUT2D eigenvalue weighted by Gasteiger charge is 2.13. The molecule has 13 heavy (non-hydrogen) atoms. The first-order valence-corrected chi connectivity index (χ1v) is 4.29. The van der Waals surface area contributed by atoms with Gasteiger partial charge in [0, 0.05) is 12.6 Å². The number of fused-ring (bicyclic) bond motifs is 1. The van der Waals surface area contributed by atoms with Crippen molar-refractivity contribution < 1.29 is 4.73 Å².